The number of ketones is 1. The molecular weight excluding hydrogens is 328 g/mol. The van der Waals surface area contributed by atoms with E-state index in [9.17, 15) is 14.4 Å². The van der Waals surface area contributed by atoms with Crippen LogP contribution in [0.25, 0.3) is 0 Å². The molecule has 2 heterocycles. The van der Waals surface area contributed by atoms with Crippen LogP contribution < -0.4 is 5.32 Å². The molecule has 24 heavy (non-hydrogen) atoms. The highest BCUT2D eigenvalue weighted by atomic mass is 32.1. The Morgan fingerprint density at radius 1 is 1.29 bits per heavy atom. The van der Waals surface area contributed by atoms with E-state index in [1.54, 1.807) is 13.0 Å². The summed E-state index contributed by atoms with van der Waals surface area (Å²) in [6, 6.07) is 3.20. The van der Waals surface area contributed by atoms with E-state index in [0.717, 1.165) is 28.2 Å². The number of nitrogens with one attached hydrogen (secondary N) is 2. The number of carbonyl (C=O) groups is 3. The van der Waals surface area contributed by atoms with Gasteiger partial charge in [0, 0.05) is 16.1 Å². The molecule has 0 aliphatic carbocycles. The van der Waals surface area contributed by atoms with Gasteiger partial charge in [-0.05, 0) is 38.0 Å². The van der Waals surface area contributed by atoms with Crippen molar-refractivity contribution in [3.8, 4) is 0 Å². The van der Waals surface area contributed by atoms with Gasteiger partial charge in [-0.15, -0.1) is 11.3 Å². The SMILES string of the molecule is CCCc1c(C(=O)NCc2ccc(C(=O)O)s2)[nH]c(C)c1C(C)=O. The van der Waals surface area contributed by atoms with Gasteiger partial charge in [-0.2, -0.15) is 0 Å². The molecule has 0 radical (unpaired) electrons. The number of thiophene rings is 1. The van der Waals surface area contributed by atoms with E-state index in [0.29, 0.717) is 23.4 Å². The van der Waals surface area contributed by atoms with Crippen molar-refractivity contribution in [2.75, 3.05) is 0 Å². The summed E-state index contributed by atoms with van der Waals surface area (Å²) in [5, 5.41) is 11.7. The van der Waals surface area contributed by atoms with Crippen LogP contribution in [0.15, 0.2) is 12.1 Å². The minimum atomic E-state index is -0.978. The van der Waals surface area contributed by atoms with Crippen LogP contribution in [-0.4, -0.2) is 27.8 Å². The van der Waals surface area contributed by atoms with Crippen LogP contribution in [0.2, 0.25) is 0 Å². The lowest BCUT2D eigenvalue weighted by Gasteiger charge is -2.06. The van der Waals surface area contributed by atoms with Gasteiger partial charge < -0.3 is 15.4 Å². The quantitative estimate of drug-likeness (QED) is 0.669. The van der Waals surface area contributed by atoms with Gasteiger partial charge >= 0.3 is 5.97 Å². The predicted molar refractivity (Wildman–Crippen MR) is 92.0 cm³/mol. The smallest absolute Gasteiger partial charge is 0.345 e. The number of carbonyl (C=O) groups excluding carboxylic acids is 2. The molecule has 0 spiro atoms. The van der Waals surface area contributed by atoms with Gasteiger partial charge in [0.15, 0.2) is 5.78 Å². The molecule has 2 rings (SSSR count). The van der Waals surface area contributed by atoms with Crippen LogP contribution in [0, 0.1) is 6.92 Å². The van der Waals surface area contributed by atoms with Crippen LogP contribution >= 0.6 is 11.3 Å². The van der Waals surface area contributed by atoms with Gasteiger partial charge in [-0.25, -0.2) is 4.79 Å². The molecule has 1 amide bonds. The summed E-state index contributed by atoms with van der Waals surface area (Å²) in [5.41, 5.74) is 2.44. The van der Waals surface area contributed by atoms with Gasteiger partial charge in [-0.1, -0.05) is 13.3 Å². The summed E-state index contributed by atoms with van der Waals surface area (Å²) in [6.45, 7) is 5.52. The highest BCUT2D eigenvalue weighted by molar-refractivity contribution is 7.13. The van der Waals surface area contributed by atoms with Gasteiger partial charge in [0.1, 0.15) is 10.6 Å². The van der Waals surface area contributed by atoms with E-state index >= 15 is 0 Å². The summed E-state index contributed by atoms with van der Waals surface area (Å²) < 4.78 is 0. The highest BCUT2D eigenvalue weighted by Gasteiger charge is 2.22. The minimum Gasteiger partial charge on any atom is -0.477 e. The van der Waals surface area contributed by atoms with E-state index in [4.69, 9.17) is 5.11 Å². The number of aryl methyl sites for hydroxylation is 1. The van der Waals surface area contributed by atoms with Crippen LogP contribution in [0.1, 0.15) is 66.9 Å². The maximum absolute atomic E-state index is 12.5. The average molecular weight is 348 g/mol. The molecule has 0 bridgehead atoms. The number of aromatic nitrogens is 1. The number of carboxylic acid groups (broad SMARTS) is 1. The first-order valence-corrected chi connectivity index (χ1v) is 8.49. The Morgan fingerprint density at radius 3 is 2.54 bits per heavy atom. The lowest BCUT2D eigenvalue weighted by Crippen LogP contribution is -2.24. The highest BCUT2D eigenvalue weighted by Crippen LogP contribution is 2.22. The maximum Gasteiger partial charge on any atom is 0.345 e. The number of hydrogen-bond acceptors (Lipinski definition) is 4. The molecule has 7 heteroatoms. The van der Waals surface area contributed by atoms with Crippen LogP contribution in [0.5, 0.6) is 0 Å². The van der Waals surface area contributed by atoms with Crippen molar-refractivity contribution in [1.29, 1.82) is 0 Å². The van der Waals surface area contributed by atoms with Gasteiger partial charge in [0.25, 0.3) is 5.91 Å². The topological polar surface area (TPSA) is 99.3 Å². The van der Waals surface area contributed by atoms with Gasteiger partial charge in [0.05, 0.1) is 6.54 Å². The first kappa shape index (κ1) is 17.9. The van der Waals surface area contributed by atoms with Gasteiger partial charge in [-0.3, -0.25) is 9.59 Å². The maximum atomic E-state index is 12.5. The molecule has 2 aromatic rings. The van der Waals surface area contributed by atoms with Crippen molar-refractivity contribution in [2.45, 2.75) is 40.2 Å². The summed E-state index contributed by atoms with van der Waals surface area (Å²) >= 11 is 1.13. The zero-order valence-corrected chi connectivity index (χ0v) is 14.7. The third-order valence-corrected chi connectivity index (χ3v) is 4.74. The number of carboxylic acids is 1. The molecule has 0 saturated carbocycles. The molecule has 3 N–H and O–H groups in total. The summed E-state index contributed by atoms with van der Waals surface area (Å²) in [5.74, 6) is -1.33. The first-order chi connectivity index (χ1) is 11.3. The molecule has 6 nitrogen and oxygen atoms in total. The van der Waals surface area contributed by atoms with Crippen molar-refractivity contribution in [2.24, 2.45) is 0 Å². The van der Waals surface area contributed by atoms with E-state index in [1.807, 2.05) is 6.92 Å². The minimum absolute atomic E-state index is 0.0596. The van der Waals surface area contributed by atoms with Crippen LogP contribution in [0.4, 0.5) is 0 Å². The lowest BCUT2D eigenvalue weighted by atomic mass is 10.0. The number of H-pyrrole nitrogens is 1. The molecule has 0 atom stereocenters. The zero-order valence-electron chi connectivity index (χ0n) is 13.9. The Bertz CT molecular complexity index is 789. The van der Waals surface area contributed by atoms with Crippen molar-refractivity contribution in [3.63, 3.8) is 0 Å². The Morgan fingerprint density at radius 2 is 2.00 bits per heavy atom. The van der Waals surface area contributed by atoms with Gasteiger partial charge in [0.2, 0.25) is 0 Å². The zero-order chi connectivity index (χ0) is 17.9. The van der Waals surface area contributed by atoms with E-state index in [1.165, 1.54) is 13.0 Å². The third kappa shape index (κ3) is 3.73. The Kier molecular flexibility index (Phi) is 5.56. The van der Waals surface area contributed by atoms with E-state index in [2.05, 4.69) is 10.3 Å². The van der Waals surface area contributed by atoms with Crippen molar-refractivity contribution in [3.05, 3.63) is 44.4 Å². The number of aromatic carboxylic acids is 1. The number of rotatable bonds is 7. The number of Topliss-reactive ketones (excluding diaryl/α,β-unsaturated/α-hetero) is 1. The summed E-state index contributed by atoms with van der Waals surface area (Å²) in [4.78, 5) is 39.2. The van der Waals surface area contributed by atoms with E-state index in [-0.39, 0.29) is 23.1 Å². The molecule has 0 fully saturated rings. The first-order valence-electron chi connectivity index (χ1n) is 7.67. The lowest BCUT2D eigenvalue weighted by molar-refractivity contribution is 0.0701. The van der Waals surface area contributed by atoms with E-state index < -0.39 is 5.97 Å². The average Bonchev–Trinajstić information content (AvgIpc) is 3.10. The molecule has 0 aliphatic heterocycles. The van der Waals surface area contributed by atoms with Crippen molar-refractivity contribution in [1.82, 2.24) is 10.3 Å². The standard InChI is InChI=1S/C17H20N2O4S/c1-4-5-12-14(10(3)20)9(2)19-15(12)16(21)18-8-11-6-7-13(24-11)17(22)23/h6-7,19H,4-5,8H2,1-3H3,(H,18,21)(H,22,23). The molecule has 0 unspecified atom stereocenters. The molecule has 2 aromatic heterocycles. The number of aromatic amines is 1. The predicted octanol–water partition coefficient (Wildman–Crippen LogP) is 3.17. The van der Waals surface area contributed by atoms with Crippen LogP contribution in [0.3, 0.4) is 0 Å². The monoisotopic (exact) mass is 348 g/mol. The fourth-order valence-electron chi connectivity index (χ4n) is 2.69. The molecule has 0 aliphatic rings. The largest absolute Gasteiger partial charge is 0.477 e. The summed E-state index contributed by atoms with van der Waals surface area (Å²) in [6.07, 6.45) is 1.47. The normalized spacial score (nSPS) is 10.6. The number of hydrogen-bond donors (Lipinski definition) is 3. The van der Waals surface area contributed by atoms with Crippen molar-refractivity contribution < 1.29 is 19.5 Å². The fourth-order valence-corrected chi connectivity index (χ4v) is 3.48. The Hall–Kier alpha value is -2.41. The molecule has 128 valence electrons. The second-order valence-corrected chi connectivity index (χ2v) is 6.71. The van der Waals surface area contributed by atoms with Crippen molar-refractivity contribution >= 4 is 29.0 Å². The number of amides is 1. The molecule has 0 saturated heterocycles. The third-order valence-electron chi connectivity index (χ3n) is 3.67. The van der Waals surface area contributed by atoms with Crippen LogP contribution in [-0.2, 0) is 13.0 Å². The second kappa shape index (κ2) is 7.44. The molecule has 0 aromatic carbocycles. The fraction of sp³-hybridized carbons (Fsp3) is 0.353. The summed E-state index contributed by atoms with van der Waals surface area (Å²) in [7, 11) is 0. The second-order valence-electron chi connectivity index (χ2n) is 5.54. The molecular formula is C17H20N2O4S. The Labute approximate surface area is 143 Å². The Balaban J connectivity index is 2.18.